The summed E-state index contributed by atoms with van der Waals surface area (Å²) >= 11 is 0. The van der Waals surface area contributed by atoms with Gasteiger partial charge in [-0.15, -0.1) is 0 Å². The quantitative estimate of drug-likeness (QED) is 0.370. The van der Waals surface area contributed by atoms with Gasteiger partial charge in [0.1, 0.15) is 17.2 Å². The number of benzene rings is 3. The van der Waals surface area contributed by atoms with E-state index in [2.05, 4.69) is 45.9 Å². The van der Waals surface area contributed by atoms with Gasteiger partial charge in [-0.1, -0.05) is 57.2 Å². The highest BCUT2D eigenvalue weighted by molar-refractivity contribution is 5.67. The van der Waals surface area contributed by atoms with E-state index in [1.807, 2.05) is 45.0 Å². The molecule has 0 radical (unpaired) electrons. The molecule has 0 spiro atoms. The van der Waals surface area contributed by atoms with Gasteiger partial charge in [-0.3, -0.25) is 0 Å². The number of allylic oxidation sites excluding steroid dienone is 2. The standard InChI is InChI=1S/C30H36O3/c1-19-14-23(8-11-26(19)31)22(4)17-30(7,25-10-13-28(33)21(3)16-25)18-29(5,6)24-9-12-27(32)20(2)15-24/h8-17,31-33H,18H2,1-7H3/b22-17-. The molecule has 3 N–H and O–H groups in total. The van der Waals surface area contributed by atoms with Gasteiger partial charge in [0.05, 0.1) is 0 Å². The van der Waals surface area contributed by atoms with Crippen LogP contribution < -0.4 is 0 Å². The van der Waals surface area contributed by atoms with Crippen molar-refractivity contribution in [2.75, 3.05) is 0 Å². The van der Waals surface area contributed by atoms with Gasteiger partial charge in [-0.2, -0.15) is 0 Å². The number of aryl methyl sites for hydroxylation is 3. The normalized spacial score (nSPS) is 14.2. The summed E-state index contributed by atoms with van der Waals surface area (Å²) in [5.74, 6) is 0.904. The summed E-state index contributed by atoms with van der Waals surface area (Å²) < 4.78 is 0. The molecule has 0 aliphatic heterocycles. The fourth-order valence-electron chi connectivity index (χ4n) is 4.81. The van der Waals surface area contributed by atoms with Crippen LogP contribution in [0.15, 0.2) is 60.7 Å². The van der Waals surface area contributed by atoms with Crippen molar-refractivity contribution in [3.8, 4) is 17.2 Å². The van der Waals surface area contributed by atoms with Gasteiger partial charge < -0.3 is 15.3 Å². The van der Waals surface area contributed by atoms with E-state index >= 15 is 0 Å². The molecule has 0 saturated heterocycles. The zero-order valence-electron chi connectivity index (χ0n) is 20.8. The second-order valence-corrected chi connectivity index (χ2v) is 10.3. The third-order valence-electron chi connectivity index (χ3n) is 6.83. The molecule has 0 heterocycles. The maximum absolute atomic E-state index is 10.1. The second kappa shape index (κ2) is 8.97. The summed E-state index contributed by atoms with van der Waals surface area (Å²) in [5, 5.41) is 30.1. The molecule has 0 amide bonds. The average Bonchev–Trinajstić information content (AvgIpc) is 2.73. The van der Waals surface area contributed by atoms with Crippen molar-refractivity contribution in [3.63, 3.8) is 0 Å². The summed E-state index contributed by atoms with van der Waals surface area (Å²) in [6.45, 7) is 14.6. The molecular weight excluding hydrogens is 408 g/mol. The highest BCUT2D eigenvalue weighted by Gasteiger charge is 2.34. The molecule has 3 nitrogen and oxygen atoms in total. The molecule has 33 heavy (non-hydrogen) atoms. The van der Waals surface area contributed by atoms with Gasteiger partial charge in [0, 0.05) is 5.41 Å². The average molecular weight is 445 g/mol. The van der Waals surface area contributed by atoms with Crippen molar-refractivity contribution < 1.29 is 15.3 Å². The SMILES string of the molecule is C/C(=C/C(C)(CC(C)(C)c1ccc(O)c(C)c1)c1ccc(O)c(C)c1)c1ccc(O)c(C)c1. The zero-order chi connectivity index (χ0) is 24.6. The fourth-order valence-corrected chi connectivity index (χ4v) is 4.81. The minimum Gasteiger partial charge on any atom is -0.508 e. The third-order valence-corrected chi connectivity index (χ3v) is 6.83. The first-order chi connectivity index (χ1) is 15.3. The van der Waals surface area contributed by atoms with Gasteiger partial charge in [0.25, 0.3) is 0 Å². The van der Waals surface area contributed by atoms with Crippen LogP contribution in [0.4, 0.5) is 0 Å². The molecule has 0 bridgehead atoms. The number of phenolic OH excluding ortho intramolecular Hbond substituents is 3. The van der Waals surface area contributed by atoms with Crippen LogP contribution in [0, 0.1) is 20.8 Å². The Labute approximate surface area is 198 Å². The fraction of sp³-hybridized carbons (Fsp3) is 0.333. The van der Waals surface area contributed by atoms with E-state index in [0.29, 0.717) is 17.2 Å². The molecule has 0 aliphatic carbocycles. The Morgan fingerprint density at radius 1 is 0.697 bits per heavy atom. The van der Waals surface area contributed by atoms with Gasteiger partial charge in [0.2, 0.25) is 0 Å². The number of phenols is 3. The summed E-state index contributed by atoms with van der Waals surface area (Å²) in [6, 6.07) is 17.4. The van der Waals surface area contributed by atoms with Crippen LogP contribution in [0.2, 0.25) is 0 Å². The topological polar surface area (TPSA) is 60.7 Å². The predicted octanol–water partition coefficient (Wildman–Crippen LogP) is 7.46. The zero-order valence-corrected chi connectivity index (χ0v) is 20.8. The highest BCUT2D eigenvalue weighted by Crippen LogP contribution is 2.43. The predicted molar refractivity (Wildman–Crippen MR) is 137 cm³/mol. The van der Waals surface area contributed by atoms with Crippen molar-refractivity contribution in [2.45, 2.75) is 65.7 Å². The van der Waals surface area contributed by atoms with Crippen molar-refractivity contribution in [2.24, 2.45) is 0 Å². The lowest BCUT2D eigenvalue weighted by molar-refractivity contribution is 0.378. The van der Waals surface area contributed by atoms with E-state index in [-0.39, 0.29) is 10.8 Å². The molecule has 3 aromatic carbocycles. The maximum Gasteiger partial charge on any atom is 0.118 e. The van der Waals surface area contributed by atoms with Crippen molar-refractivity contribution in [1.29, 1.82) is 0 Å². The minimum atomic E-state index is -0.330. The first-order valence-electron chi connectivity index (χ1n) is 11.4. The van der Waals surface area contributed by atoms with Gasteiger partial charge in [-0.05, 0) is 103 Å². The van der Waals surface area contributed by atoms with Gasteiger partial charge in [0.15, 0.2) is 0 Å². The number of rotatable bonds is 6. The Hall–Kier alpha value is -3.20. The molecule has 3 rings (SSSR count). The van der Waals surface area contributed by atoms with E-state index in [0.717, 1.165) is 39.8 Å². The summed E-state index contributed by atoms with van der Waals surface area (Å²) in [5.41, 5.74) is 6.57. The molecule has 0 aliphatic rings. The van der Waals surface area contributed by atoms with Crippen molar-refractivity contribution in [3.05, 3.63) is 94.1 Å². The Morgan fingerprint density at radius 3 is 1.67 bits per heavy atom. The van der Waals surface area contributed by atoms with Crippen LogP contribution in [0.3, 0.4) is 0 Å². The molecule has 0 fully saturated rings. The maximum atomic E-state index is 10.1. The Bertz CT molecular complexity index is 1200. The lowest BCUT2D eigenvalue weighted by Gasteiger charge is -2.37. The van der Waals surface area contributed by atoms with Crippen molar-refractivity contribution in [1.82, 2.24) is 0 Å². The molecule has 3 aromatic rings. The van der Waals surface area contributed by atoms with Crippen LogP contribution in [0.5, 0.6) is 17.2 Å². The van der Waals surface area contributed by atoms with E-state index in [4.69, 9.17) is 0 Å². The number of hydrogen-bond donors (Lipinski definition) is 3. The first-order valence-corrected chi connectivity index (χ1v) is 11.4. The van der Waals surface area contributed by atoms with E-state index < -0.39 is 0 Å². The molecule has 1 atom stereocenters. The van der Waals surface area contributed by atoms with E-state index in [1.54, 1.807) is 18.2 Å². The molecule has 0 aromatic heterocycles. The Kier molecular flexibility index (Phi) is 6.65. The lowest BCUT2D eigenvalue weighted by Crippen LogP contribution is -2.31. The summed E-state index contributed by atoms with van der Waals surface area (Å²) in [6.07, 6.45) is 3.13. The van der Waals surface area contributed by atoms with Crippen LogP contribution in [0.25, 0.3) is 5.57 Å². The van der Waals surface area contributed by atoms with Crippen LogP contribution in [-0.4, -0.2) is 15.3 Å². The second-order valence-electron chi connectivity index (χ2n) is 10.3. The monoisotopic (exact) mass is 444 g/mol. The largest absolute Gasteiger partial charge is 0.508 e. The van der Waals surface area contributed by atoms with Crippen LogP contribution >= 0.6 is 0 Å². The molecule has 3 heteroatoms. The third kappa shape index (κ3) is 5.24. The number of hydrogen-bond acceptors (Lipinski definition) is 3. The Balaban J connectivity index is 2.12. The lowest BCUT2D eigenvalue weighted by atomic mass is 9.66. The van der Waals surface area contributed by atoms with Crippen LogP contribution in [-0.2, 0) is 10.8 Å². The minimum absolute atomic E-state index is 0.180. The highest BCUT2D eigenvalue weighted by atomic mass is 16.3. The van der Waals surface area contributed by atoms with Crippen LogP contribution in [0.1, 0.15) is 67.5 Å². The molecule has 174 valence electrons. The van der Waals surface area contributed by atoms with Crippen molar-refractivity contribution >= 4 is 5.57 Å². The Morgan fingerprint density at radius 2 is 1.15 bits per heavy atom. The van der Waals surface area contributed by atoms with Gasteiger partial charge >= 0.3 is 0 Å². The first kappa shape index (κ1) is 24.4. The van der Waals surface area contributed by atoms with E-state index in [9.17, 15) is 15.3 Å². The molecular formula is C30H36O3. The molecule has 0 saturated carbocycles. The smallest absolute Gasteiger partial charge is 0.118 e. The molecule has 1 unspecified atom stereocenters. The van der Waals surface area contributed by atoms with E-state index in [1.165, 1.54) is 5.56 Å². The summed E-state index contributed by atoms with van der Waals surface area (Å²) in [4.78, 5) is 0. The van der Waals surface area contributed by atoms with Gasteiger partial charge in [-0.25, -0.2) is 0 Å². The summed E-state index contributed by atoms with van der Waals surface area (Å²) in [7, 11) is 0. The number of aromatic hydroxyl groups is 3.